The van der Waals surface area contributed by atoms with Crippen molar-refractivity contribution in [1.82, 2.24) is 20.2 Å². The maximum absolute atomic E-state index is 15.1. The van der Waals surface area contributed by atoms with E-state index in [1.165, 1.54) is 23.7 Å². The highest BCUT2D eigenvalue weighted by atomic mass is 19.1. The molecule has 0 unspecified atom stereocenters. The molecule has 6 rings (SSSR count). The first-order chi connectivity index (χ1) is 15.8. The lowest BCUT2D eigenvalue weighted by Gasteiger charge is -2.30. The number of nitrogens with one attached hydrogen (secondary N) is 2. The quantitative estimate of drug-likeness (QED) is 0.621. The number of rotatable bonds is 4. The molecule has 2 N–H and O–H groups in total. The number of fused-ring (bicyclic) bond motifs is 3. The fourth-order valence-electron chi connectivity index (χ4n) is 5.87. The number of carbonyl (C=O) groups is 1. The van der Waals surface area contributed by atoms with Gasteiger partial charge in [0.1, 0.15) is 11.2 Å². The maximum Gasteiger partial charge on any atom is 0.229 e. The number of ether oxygens (including phenoxy) is 1. The van der Waals surface area contributed by atoms with E-state index in [0.717, 1.165) is 31.4 Å². The molecule has 0 radical (unpaired) electrons. The van der Waals surface area contributed by atoms with Crippen LogP contribution in [0.3, 0.4) is 0 Å². The molecule has 3 aliphatic rings. The Bertz CT molecular complexity index is 1240. The van der Waals surface area contributed by atoms with Crippen molar-refractivity contribution in [2.75, 3.05) is 25.2 Å². The average Bonchev–Trinajstić information content (AvgIpc) is 3.11. The van der Waals surface area contributed by atoms with Crippen LogP contribution in [-0.2, 0) is 22.4 Å². The van der Waals surface area contributed by atoms with Gasteiger partial charge in [0.05, 0.1) is 5.52 Å². The minimum atomic E-state index is -0.418. The summed E-state index contributed by atoms with van der Waals surface area (Å²) in [4.78, 5) is 22.5. The number of hydrogen-bond acceptors (Lipinski definition) is 4. The van der Waals surface area contributed by atoms with Gasteiger partial charge in [-0.15, -0.1) is 0 Å². The number of H-pyrrole nitrogens is 2. The van der Waals surface area contributed by atoms with Crippen molar-refractivity contribution < 1.29 is 13.9 Å². The van der Waals surface area contributed by atoms with Gasteiger partial charge in [-0.2, -0.15) is 5.10 Å². The molecular formula is C25H30FN5O2. The molecule has 8 heteroatoms. The smallest absolute Gasteiger partial charge is 0.229 e. The third-order valence-electron chi connectivity index (χ3n) is 8.36. The maximum atomic E-state index is 15.1. The molecule has 1 aliphatic heterocycles. The summed E-state index contributed by atoms with van der Waals surface area (Å²) in [5.41, 5.74) is 4.93. The lowest BCUT2D eigenvalue weighted by atomic mass is 9.86. The monoisotopic (exact) mass is 451 g/mol. The molecule has 0 spiro atoms. The molecular weight excluding hydrogens is 421 g/mol. The zero-order valence-electron chi connectivity index (χ0n) is 19.4. The summed E-state index contributed by atoms with van der Waals surface area (Å²) >= 11 is 0. The van der Waals surface area contributed by atoms with E-state index in [4.69, 9.17) is 4.74 Å². The van der Waals surface area contributed by atoms with E-state index < -0.39 is 5.82 Å². The van der Waals surface area contributed by atoms with E-state index in [2.05, 4.69) is 27.1 Å². The van der Waals surface area contributed by atoms with Crippen LogP contribution in [0.15, 0.2) is 12.1 Å². The van der Waals surface area contributed by atoms with Gasteiger partial charge < -0.3 is 14.6 Å². The summed E-state index contributed by atoms with van der Waals surface area (Å²) < 4.78 is 20.5. The molecule has 1 saturated carbocycles. The van der Waals surface area contributed by atoms with E-state index in [9.17, 15) is 4.79 Å². The number of carbonyl (C=O) groups excluding carboxylic acids is 1. The van der Waals surface area contributed by atoms with Crippen LogP contribution in [0.5, 0.6) is 0 Å². The van der Waals surface area contributed by atoms with Crippen LogP contribution >= 0.6 is 0 Å². The lowest BCUT2D eigenvalue weighted by Crippen LogP contribution is -2.37. The molecule has 1 amide bonds. The van der Waals surface area contributed by atoms with Crippen LogP contribution in [0, 0.1) is 29.0 Å². The number of benzene rings is 1. The zero-order chi connectivity index (χ0) is 22.9. The number of aromatic amines is 2. The number of imidazole rings is 1. The third kappa shape index (κ3) is 3.38. The largest absolute Gasteiger partial charge is 0.381 e. The van der Waals surface area contributed by atoms with E-state index in [1.54, 1.807) is 18.0 Å². The number of anilines is 1. The molecule has 2 aromatic heterocycles. The molecule has 3 aromatic rings. The highest BCUT2D eigenvalue weighted by molar-refractivity contribution is 5.96. The average molecular weight is 452 g/mol. The van der Waals surface area contributed by atoms with Crippen molar-refractivity contribution in [3.63, 3.8) is 0 Å². The van der Waals surface area contributed by atoms with Crippen LogP contribution in [0.1, 0.15) is 44.4 Å². The van der Waals surface area contributed by atoms with E-state index in [-0.39, 0.29) is 11.8 Å². The van der Waals surface area contributed by atoms with Gasteiger partial charge in [0.2, 0.25) is 5.91 Å². The number of hydrogen-bond donors (Lipinski definition) is 2. The molecule has 0 bridgehead atoms. The number of nitrogens with zero attached hydrogens (tertiary/aromatic N) is 3. The van der Waals surface area contributed by atoms with Crippen LogP contribution in [0.4, 0.5) is 10.1 Å². The van der Waals surface area contributed by atoms with Crippen molar-refractivity contribution in [2.24, 2.45) is 23.2 Å². The standard InChI is InChI=1S/C25H30FN5O2/c1-13(14-4-6-33-7-5-14)24(32)31(3)16-9-18(26)22-19(10-16)27-23(28-22)21-17-8-15-11-25(15,2)12-20(17)29-30-21/h9-10,13-15H,4-8,11-12H2,1-3H3,(H,27,28)(H,29,30)/t13-,15-,25-/m1/s1. The Kier molecular flexibility index (Phi) is 4.66. The first-order valence-electron chi connectivity index (χ1n) is 11.9. The van der Waals surface area contributed by atoms with Crippen molar-refractivity contribution >= 4 is 22.6 Å². The zero-order valence-corrected chi connectivity index (χ0v) is 19.4. The van der Waals surface area contributed by atoms with Gasteiger partial charge in [-0.1, -0.05) is 13.8 Å². The topological polar surface area (TPSA) is 86.9 Å². The van der Waals surface area contributed by atoms with Crippen LogP contribution in [0.25, 0.3) is 22.6 Å². The highest BCUT2D eigenvalue weighted by Crippen LogP contribution is 2.59. The molecule has 2 fully saturated rings. The molecule has 33 heavy (non-hydrogen) atoms. The first kappa shape index (κ1) is 20.8. The van der Waals surface area contributed by atoms with Crippen LogP contribution < -0.4 is 4.90 Å². The Balaban J connectivity index is 1.29. The van der Waals surface area contributed by atoms with Gasteiger partial charge in [-0.25, -0.2) is 9.37 Å². The molecule has 1 aromatic carbocycles. The normalized spacial score (nSPS) is 25.5. The highest BCUT2D eigenvalue weighted by Gasteiger charge is 2.53. The SMILES string of the molecule is C[C@@H](C(=O)N(C)c1cc(F)c2[nH]c(-c3n[nH]c4c3C[C@@H]3C[C@]3(C)C4)nc2c1)C1CCOCC1. The molecule has 174 valence electrons. The number of halogens is 1. The van der Waals surface area contributed by atoms with Gasteiger partial charge >= 0.3 is 0 Å². The Morgan fingerprint density at radius 3 is 2.91 bits per heavy atom. The molecule has 2 aliphatic carbocycles. The first-order valence-corrected chi connectivity index (χ1v) is 11.9. The Morgan fingerprint density at radius 1 is 1.33 bits per heavy atom. The Hall–Kier alpha value is -2.74. The second kappa shape index (κ2) is 7.38. The molecule has 3 atom stereocenters. The van der Waals surface area contributed by atoms with Gasteiger partial charge in [-0.3, -0.25) is 9.89 Å². The summed E-state index contributed by atoms with van der Waals surface area (Å²) in [7, 11) is 1.71. The molecule has 7 nitrogen and oxygen atoms in total. The predicted octanol–water partition coefficient (Wildman–Crippen LogP) is 4.24. The van der Waals surface area contributed by atoms with Crippen LogP contribution in [-0.4, -0.2) is 46.3 Å². The Labute approximate surface area is 192 Å². The van der Waals surface area contributed by atoms with Gasteiger partial charge in [0, 0.05) is 43.1 Å². The number of amides is 1. The summed E-state index contributed by atoms with van der Waals surface area (Å²) in [6.07, 6.45) is 5.01. The van der Waals surface area contributed by atoms with E-state index in [0.29, 0.717) is 53.0 Å². The summed E-state index contributed by atoms with van der Waals surface area (Å²) in [5.74, 6) is 0.998. The lowest BCUT2D eigenvalue weighted by molar-refractivity contribution is -0.124. The Morgan fingerprint density at radius 2 is 2.12 bits per heavy atom. The van der Waals surface area contributed by atoms with E-state index >= 15 is 4.39 Å². The summed E-state index contributed by atoms with van der Waals surface area (Å²) in [6, 6.07) is 3.19. The van der Waals surface area contributed by atoms with Crippen molar-refractivity contribution in [3.8, 4) is 11.5 Å². The van der Waals surface area contributed by atoms with Crippen molar-refractivity contribution in [1.29, 1.82) is 0 Å². The van der Waals surface area contributed by atoms with Crippen molar-refractivity contribution in [2.45, 2.75) is 46.0 Å². The summed E-state index contributed by atoms with van der Waals surface area (Å²) in [5, 5.41) is 7.71. The fraction of sp³-hybridized carbons (Fsp3) is 0.560. The summed E-state index contributed by atoms with van der Waals surface area (Å²) in [6.45, 7) is 5.68. The molecule has 3 heterocycles. The second-order valence-electron chi connectivity index (χ2n) is 10.5. The minimum Gasteiger partial charge on any atom is -0.381 e. The van der Waals surface area contributed by atoms with Crippen molar-refractivity contribution in [3.05, 3.63) is 29.2 Å². The van der Waals surface area contributed by atoms with Gasteiger partial charge in [0.15, 0.2) is 11.6 Å². The number of aromatic nitrogens is 4. The van der Waals surface area contributed by atoms with Gasteiger partial charge in [0.25, 0.3) is 0 Å². The predicted molar refractivity (Wildman–Crippen MR) is 123 cm³/mol. The minimum absolute atomic E-state index is 0.00902. The van der Waals surface area contributed by atoms with E-state index in [1.807, 2.05) is 6.92 Å². The third-order valence-corrected chi connectivity index (χ3v) is 8.36. The molecule has 1 saturated heterocycles. The van der Waals surface area contributed by atoms with Gasteiger partial charge in [-0.05, 0) is 61.5 Å². The second-order valence-corrected chi connectivity index (χ2v) is 10.5. The fourth-order valence-corrected chi connectivity index (χ4v) is 5.87. The van der Waals surface area contributed by atoms with Crippen LogP contribution in [0.2, 0.25) is 0 Å².